The summed E-state index contributed by atoms with van der Waals surface area (Å²) in [5.41, 5.74) is -0.464. The second kappa shape index (κ2) is 7.79. The highest BCUT2D eigenvalue weighted by Gasteiger charge is 2.47. The van der Waals surface area contributed by atoms with E-state index in [1.54, 1.807) is 11.3 Å². The maximum Gasteiger partial charge on any atom is 0.253 e. The normalized spacial score (nSPS) is 25.3. The van der Waals surface area contributed by atoms with Gasteiger partial charge in [-0.25, -0.2) is 9.97 Å². The van der Waals surface area contributed by atoms with Gasteiger partial charge >= 0.3 is 0 Å². The number of aromatic nitrogens is 3. The fourth-order valence-electron chi connectivity index (χ4n) is 4.69. The Labute approximate surface area is 175 Å². The highest BCUT2D eigenvalue weighted by atomic mass is 32.1. The number of piperazine rings is 1. The zero-order valence-corrected chi connectivity index (χ0v) is 17.7. The van der Waals surface area contributed by atoms with Crippen LogP contribution in [0.2, 0.25) is 0 Å². The van der Waals surface area contributed by atoms with Crippen molar-refractivity contribution in [2.45, 2.75) is 37.6 Å². The van der Waals surface area contributed by atoms with Crippen LogP contribution in [0, 0.1) is 0 Å². The Kier molecular flexibility index (Phi) is 5.15. The Hall–Kier alpha value is -1.81. The summed E-state index contributed by atoms with van der Waals surface area (Å²) in [6, 6.07) is 0. The molecule has 5 rings (SSSR count). The number of likely N-dealkylation sites (tertiary alicyclic amines) is 1. The van der Waals surface area contributed by atoms with E-state index in [0.717, 1.165) is 69.5 Å². The molecule has 3 aliphatic heterocycles. The third kappa shape index (κ3) is 3.72. The summed E-state index contributed by atoms with van der Waals surface area (Å²) in [5.74, 6) is 1.11. The minimum Gasteiger partial charge on any atom is -0.352 e. The molecule has 1 spiro atoms. The first-order valence-electron chi connectivity index (χ1n) is 10.4. The summed E-state index contributed by atoms with van der Waals surface area (Å²) in [5, 5.41) is 3.17. The molecular formula is C20H28N6O2S. The van der Waals surface area contributed by atoms with Gasteiger partial charge in [-0.3, -0.25) is 9.69 Å². The topological polar surface area (TPSA) is 66.7 Å². The predicted molar refractivity (Wildman–Crippen MR) is 109 cm³/mol. The van der Waals surface area contributed by atoms with Crippen molar-refractivity contribution >= 4 is 17.2 Å². The number of amides is 1. The van der Waals surface area contributed by atoms with Gasteiger partial charge in [0.1, 0.15) is 16.4 Å². The summed E-state index contributed by atoms with van der Waals surface area (Å²) in [4.78, 5) is 28.9. The molecule has 9 heteroatoms. The largest absolute Gasteiger partial charge is 0.352 e. The number of hydrogen-bond donors (Lipinski definition) is 0. The Morgan fingerprint density at radius 3 is 2.69 bits per heavy atom. The Morgan fingerprint density at radius 1 is 1.17 bits per heavy atom. The summed E-state index contributed by atoms with van der Waals surface area (Å²) >= 11 is 1.70. The molecule has 156 valence electrons. The Bertz CT molecular complexity index is 837. The summed E-state index contributed by atoms with van der Waals surface area (Å²) in [6.07, 6.45) is 6.97. The van der Waals surface area contributed by atoms with Crippen LogP contribution in [0.3, 0.4) is 0 Å². The van der Waals surface area contributed by atoms with E-state index in [1.807, 2.05) is 28.9 Å². The first-order valence-corrected chi connectivity index (χ1v) is 11.3. The van der Waals surface area contributed by atoms with Gasteiger partial charge in [-0.2, -0.15) is 0 Å². The van der Waals surface area contributed by atoms with Crippen LogP contribution in [-0.4, -0.2) is 87.6 Å². The minimum atomic E-state index is -0.464. The van der Waals surface area contributed by atoms with Crippen LogP contribution >= 0.6 is 11.3 Å². The third-order valence-electron chi connectivity index (χ3n) is 6.45. The van der Waals surface area contributed by atoms with Gasteiger partial charge in [0.15, 0.2) is 6.10 Å². The smallest absolute Gasteiger partial charge is 0.253 e. The van der Waals surface area contributed by atoms with Gasteiger partial charge in [0.2, 0.25) is 0 Å². The molecule has 5 heterocycles. The van der Waals surface area contributed by atoms with E-state index in [1.165, 1.54) is 0 Å². The van der Waals surface area contributed by atoms with Crippen LogP contribution in [0.5, 0.6) is 0 Å². The molecule has 2 aromatic rings. The first kappa shape index (κ1) is 19.2. The number of hydrogen-bond acceptors (Lipinski definition) is 7. The molecule has 29 heavy (non-hydrogen) atoms. The molecule has 0 saturated carbocycles. The van der Waals surface area contributed by atoms with Crippen molar-refractivity contribution in [2.24, 2.45) is 0 Å². The van der Waals surface area contributed by atoms with Gasteiger partial charge in [-0.15, -0.1) is 11.3 Å². The van der Waals surface area contributed by atoms with E-state index in [4.69, 9.17) is 4.74 Å². The average molecular weight is 417 g/mol. The van der Waals surface area contributed by atoms with Crippen LogP contribution < -0.4 is 0 Å². The minimum absolute atomic E-state index is 0.127. The fourth-order valence-corrected chi connectivity index (χ4v) is 5.35. The fraction of sp³-hybridized carbons (Fsp3) is 0.650. The monoisotopic (exact) mass is 416 g/mol. The van der Waals surface area contributed by atoms with E-state index in [-0.39, 0.29) is 5.91 Å². The second-order valence-electron chi connectivity index (χ2n) is 8.33. The quantitative estimate of drug-likeness (QED) is 0.744. The number of carbonyl (C=O) groups is 1. The van der Waals surface area contributed by atoms with E-state index in [2.05, 4.69) is 31.4 Å². The van der Waals surface area contributed by atoms with Crippen molar-refractivity contribution in [2.75, 3.05) is 46.3 Å². The van der Waals surface area contributed by atoms with E-state index >= 15 is 0 Å². The van der Waals surface area contributed by atoms with Crippen molar-refractivity contribution in [1.29, 1.82) is 0 Å². The van der Waals surface area contributed by atoms with E-state index in [0.29, 0.717) is 6.54 Å². The van der Waals surface area contributed by atoms with Gasteiger partial charge in [0.25, 0.3) is 5.91 Å². The number of likely N-dealkylation sites (N-methyl/N-ethyl adjacent to an activating group) is 1. The molecule has 3 aliphatic rings. The lowest BCUT2D eigenvalue weighted by Gasteiger charge is -2.46. The Morgan fingerprint density at radius 2 is 1.97 bits per heavy atom. The number of fused-ring (bicyclic) bond motifs is 2. The van der Waals surface area contributed by atoms with Gasteiger partial charge in [0, 0.05) is 63.2 Å². The first-order chi connectivity index (χ1) is 14.1. The van der Waals surface area contributed by atoms with E-state index < -0.39 is 11.7 Å². The number of ether oxygens (including phenoxy) is 1. The zero-order valence-electron chi connectivity index (χ0n) is 16.9. The summed E-state index contributed by atoms with van der Waals surface area (Å²) < 4.78 is 8.73. The molecular weight excluding hydrogens is 388 g/mol. The maximum absolute atomic E-state index is 13.2. The van der Waals surface area contributed by atoms with Crippen LogP contribution in [0.4, 0.5) is 0 Å². The van der Waals surface area contributed by atoms with Crippen LogP contribution in [0.1, 0.15) is 23.7 Å². The van der Waals surface area contributed by atoms with Crippen molar-refractivity contribution in [3.8, 4) is 0 Å². The lowest BCUT2D eigenvalue weighted by atomic mass is 9.88. The molecule has 0 unspecified atom stereocenters. The molecule has 0 bridgehead atoms. The molecule has 2 aromatic heterocycles. The van der Waals surface area contributed by atoms with Crippen molar-refractivity contribution in [3.05, 3.63) is 34.8 Å². The number of imidazole rings is 1. The molecule has 1 amide bonds. The molecule has 8 nitrogen and oxygen atoms in total. The number of carbonyl (C=O) groups excluding carboxylic acids is 1. The molecule has 0 N–H and O–H groups in total. The van der Waals surface area contributed by atoms with Crippen LogP contribution in [0.25, 0.3) is 0 Å². The molecule has 1 atom stereocenters. The van der Waals surface area contributed by atoms with Crippen molar-refractivity contribution in [3.63, 3.8) is 0 Å². The van der Waals surface area contributed by atoms with Gasteiger partial charge in [0.05, 0.1) is 13.1 Å². The van der Waals surface area contributed by atoms with Gasteiger partial charge in [-0.05, 0) is 19.9 Å². The lowest BCUT2D eigenvalue weighted by molar-refractivity contribution is -0.182. The standard InChI is InChI=1S/C20H28N6O2S/c1-23-9-11-25(12-10-23)18(27)16-14-26-8-4-22-19(26)20(28-16)2-6-24(7-3-20)15-17-21-5-13-29-17/h4-5,8,13,16H,2-3,6-7,9-12,14-15H2,1H3/t16-/m0/s1. The number of rotatable bonds is 3. The van der Waals surface area contributed by atoms with Crippen LogP contribution in [-0.2, 0) is 28.2 Å². The highest BCUT2D eigenvalue weighted by Crippen LogP contribution is 2.40. The molecule has 2 saturated heterocycles. The maximum atomic E-state index is 13.2. The number of nitrogens with zero attached hydrogens (tertiary/aromatic N) is 6. The summed E-state index contributed by atoms with van der Waals surface area (Å²) in [7, 11) is 2.10. The highest BCUT2D eigenvalue weighted by molar-refractivity contribution is 7.09. The van der Waals surface area contributed by atoms with E-state index in [9.17, 15) is 4.79 Å². The third-order valence-corrected chi connectivity index (χ3v) is 7.21. The molecule has 2 fully saturated rings. The van der Waals surface area contributed by atoms with Gasteiger partial charge < -0.3 is 19.1 Å². The second-order valence-corrected chi connectivity index (χ2v) is 9.31. The zero-order chi connectivity index (χ0) is 19.8. The number of piperidine rings is 1. The van der Waals surface area contributed by atoms with Crippen molar-refractivity contribution < 1.29 is 9.53 Å². The van der Waals surface area contributed by atoms with Crippen LogP contribution in [0.15, 0.2) is 24.0 Å². The lowest BCUT2D eigenvalue weighted by Crippen LogP contribution is -2.56. The number of thiazole rings is 1. The molecule has 0 aromatic carbocycles. The average Bonchev–Trinajstić information content (AvgIpc) is 3.42. The SMILES string of the molecule is CN1CCN(C(=O)[C@@H]2Cn3ccnc3C3(CCN(Cc4nccs4)CC3)O2)CC1. The van der Waals surface area contributed by atoms with Gasteiger partial charge in [-0.1, -0.05) is 0 Å². The van der Waals surface area contributed by atoms with Crippen molar-refractivity contribution in [1.82, 2.24) is 29.2 Å². The Balaban J connectivity index is 1.30. The predicted octanol–water partition coefficient (Wildman–Crippen LogP) is 1.00. The molecule has 0 aliphatic carbocycles. The molecule has 0 radical (unpaired) electrons. The summed E-state index contributed by atoms with van der Waals surface area (Å²) in [6.45, 7) is 6.68.